The topological polar surface area (TPSA) is 82.6 Å². The van der Waals surface area contributed by atoms with Crippen molar-refractivity contribution in [2.45, 2.75) is 74.3 Å². The molecule has 7 nitrogen and oxygen atoms in total. The van der Waals surface area contributed by atoms with E-state index in [1.54, 1.807) is 6.08 Å². The molecule has 40 heavy (non-hydrogen) atoms. The van der Waals surface area contributed by atoms with Gasteiger partial charge in [-0.1, -0.05) is 51.2 Å². The zero-order valence-electron chi connectivity index (χ0n) is 25.8. The van der Waals surface area contributed by atoms with Crippen LogP contribution in [0.3, 0.4) is 0 Å². The lowest BCUT2D eigenvalue weighted by Crippen LogP contribution is -2.47. The number of nitrogens with zero attached hydrogens (tertiary/aromatic N) is 3. The van der Waals surface area contributed by atoms with E-state index < -0.39 is 5.41 Å². The molecule has 0 radical (unpaired) electrons. The van der Waals surface area contributed by atoms with Crippen molar-refractivity contribution in [2.75, 3.05) is 26.7 Å². The molecular weight excluding hydrogens is 500 g/mol. The first-order valence-corrected chi connectivity index (χ1v) is 14.2. The first-order valence-electron chi connectivity index (χ1n) is 14.2. The van der Waals surface area contributed by atoms with Gasteiger partial charge in [-0.25, -0.2) is 0 Å². The number of nitrogens with one attached hydrogen (secondary N) is 1. The Labute approximate surface area is 240 Å². The molecule has 2 atom stereocenters. The molecule has 1 N–H and O–H groups in total. The molecular formula is C33H46N4O3. The Balaban J connectivity index is 2.01. The zero-order chi connectivity index (χ0) is 29.9. The van der Waals surface area contributed by atoms with Gasteiger partial charge in [0, 0.05) is 42.9 Å². The Morgan fingerprint density at radius 1 is 1.23 bits per heavy atom. The summed E-state index contributed by atoms with van der Waals surface area (Å²) in [4.78, 5) is 47.8. The highest BCUT2D eigenvalue weighted by atomic mass is 16.2. The highest BCUT2D eigenvalue weighted by Gasteiger charge is 2.50. The SMILES string of the molecule is C=C\C=C(/C(C)=C(C)/C=C(\C)CN1C(=O)C(C)C(C)(C)C1=O)c1nc(C)cc(C)c1C(=O)N1CCCC(NC)C1. The normalized spacial score (nSPS) is 22.5. The molecule has 3 rings (SSSR count). The summed E-state index contributed by atoms with van der Waals surface area (Å²) in [7, 11) is 1.94. The van der Waals surface area contributed by atoms with E-state index in [1.165, 1.54) is 4.90 Å². The van der Waals surface area contributed by atoms with Gasteiger partial charge < -0.3 is 10.2 Å². The summed E-state index contributed by atoms with van der Waals surface area (Å²) < 4.78 is 0. The molecule has 0 saturated carbocycles. The Bertz CT molecular complexity index is 1300. The molecule has 3 heterocycles. The van der Waals surface area contributed by atoms with Gasteiger partial charge in [0.15, 0.2) is 0 Å². The molecule has 2 unspecified atom stereocenters. The molecule has 2 aliphatic rings. The molecule has 1 aromatic rings. The van der Waals surface area contributed by atoms with Crippen molar-refractivity contribution in [1.29, 1.82) is 0 Å². The monoisotopic (exact) mass is 546 g/mol. The van der Waals surface area contributed by atoms with Crippen molar-refractivity contribution >= 4 is 23.3 Å². The van der Waals surface area contributed by atoms with Gasteiger partial charge in [0.25, 0.3) is 5.91 Å². The number of carbonyl (C=O) groups excluding carboxylic acids is 3. The largest absolute Gasteiger partial charge is 0.337 e. The van der Waals surface area contributed by atoms with Crippen molar-refractivity contribution < 1.29 is 14.4 Å². The zero-order valence-corrected chi connectivity index (χ0v) is 25.8. The first kappa shape index (κ1) is 31.2. The van der Waals surface area contributed by atoms with E-state index in [-0.39, 0.29) is 36.2 Å². The number of allylic oxidation sites excluding steroid dienone is 6. The van der Waals surface area contributed by atoms with E-state index in [0.29, 0.717) is 17.8 Å². The number of aromatic nitrogens is 1. The van der Waals surface area contributed by atoms with E-state index in [0.717, 1.165) is 52.9 Å². The van der Waals surface area contributed by atoms with E-state index >= 15 is 0 Å². The van der Waals surface area contributed by atoms with Crippen LogP contribution in [0.15, 0.2) is 47.6 Å². The number of pyridine rings is 1. The number of hydrogen-bond acceptors (Lipinski definition) is 5. The predicted octanol–water partition coefficient (Wildman–Crippen LogP) is 5.41. The Morgan fingerprint density at radius 2 is 1.90 bits per heavy atom. The highest BCUT2D eigenvalue weighted by Crippen LogP contribution is 2.37. The summed E-state index contributed by atoms with van der Waals surface area (Å²) in [6.45, 7) is 20.9. The Hall–Kier alpha value is -3.32. The third-order valence-electron chi connectivity index (χ3n) is 8.60. The summed E-state index contributed by atoms with van der Waals surface area (Å²) in [5, 5.41) is 3.32. The third kappa shape index (κ3) is 6.20. The molecule has 0 bridgehead atoms. The number of hydrogen-bond donors (Lipinski definition) is 1. The van der Waals surface area contributed by atoms with Gasteiger partial charge in [-0.3, -0.25) is 24.3 Å². The van der Waals surface area contributed by atoms with E-state index in [4.69, 9.17) is 4.98 Å². The second-order valence-corrected chi connectivity index (χ2v) is 12.0. The summed E-state index contributed by atoms with van der Waals surface area (Å²) in [6.07, 6.45) is 7.65. The van der Waals surface area contributed by atoms with Gasteiger partial charge in [0.05, 0.1) is 16.7 Å². The van der Waals surface area contributed by atoms with Crippen LogP contribution in [0.5, 0.6) is 0 Å². The standard InChI is InChI=1S/C33H46N4O3/c1-11-13-27(24(6)21(3)16-20(2)18-37-30(38)25(7)33(8,9)32(37)40)29-28(22(4)17-23(5)35-29)31(39)36-15-12-14-26(19-36)34-10/h11,13,16-17,25-26,34H,1,12,14-15,18-19H2,2-10H3/b20-16+,24-21+,27-13+. The van der Waals surface area contributed by atoms with Crippen LogP contribution in [-0.2, 0) is 9.59 Å². The summed E-state index contributed by atoms with van der Waals surface area (Å²) >= 11 is 0. The number of amides is 3. The van der Waals surface area contributed by atoms with Crippen molar-refractivity contribution in [1.82, 2.24) is 20.1 Å². The number of carbonyl (C=O) groups is 3. The molecule has 3 amide bonds. The maximum absolute atomic E-state index is 13.9. The second kappa shape index (κ2) is 12.5. The van der Waals surface area contributed by atoms with Crippen LogP contribution in [0.25, 0.3) is 5.57 Å². The van der Waals surface area contributed by atoms with E-state index in [1.807, 2.05) is 85.6 Å². The molecule has 2 fully saturated rings. The minimum absolute atomic E-state index is 0.00474. The number of likely N-dealkylation sites (tertiary alicyclic amines) is 2. The molecule has 1 aromatic heterocycles. The lowest BCUT2D eigenvalue weighted by atomic mass is 9.82. The predicted molar refractivity (Wildman–Crippen MR) is 162 cm³/mol. The minimum atomic E-state index is -0.697. The van der Waals surface area contributed by atoms with Gasteiger partial charge in [0.1, 0.15) is 0 Å². The highest BCUT2D eigenvalue weighted by molar-refractivity contribution is 6.07. The quantitative estimate of drug-likeness (QED) is 0.349. The smallest absolute Gasteiger partial charge is 0.256 e. The average molecular weight is 547 g/mol. The van der Waals surface area contributed by atoms with Crippen molar-refractivity contribution in [2.24, 2.45) is 11.3 Å². The van der Waals surface area contributed by atoms with Gasteiger partial charge in [-0.15, -0.1) is 0 Å². The molecule has 0 aromatic carbocycles. The maximum atomic E-state index is 13.9. The number of rotatable bonds is 8. The first-order chi connectivity index (χ1) is 18.7. The number of aryl methyl sites for hydroxylation is 2. The minimum Gasteiger partial charge on any atom is -0.337 e. The summed E-state index contributed by atoms with van der Waals surface area (Å²) in [5.74, 6) is -0.614. The van der Waals surface area contributed by atoms with Crippen LogP contribution >= 0.6 is 0 Å². The molecule has 2 saturated heterocycles. The summed E-state index contributed by atoms with van der Waals surface area (Å²) in [5.41, 5.74) is 5.95. The summed E-state index contributed by atoms with van der Waals surface area (Å²) in [6, 6.07) is 2.24. The fourth-order valence-corrected chi connectivity index (χ4v) is 5.67. The van der Waals surface area contributed by atoms with Crippen molar-refractivity contribution in [3.63, 3.8) is 0 Å². The van der Waals surface area contributed by atoms with E-state index in [9.17, 15) is 14.4 Å². The van der Waals surface area contributed by atoms with Crippen molar-refractivity contribution in [3.8, 4) is 0 Å². The number of likely N-dealkylation sites (N-methyl/N-ethyl adjacent to an activating group) is 1. The maximum Gasteiger partial charge on any atom is 0.256 e. The third-order valence-corrected chi connectivity index (χ3v) is 8.60. The van der Waals surface area contributed by atoms with Gasteiger partial charge in [-0.05, 0) is 77.3 Å². The van der Waals surface area contributed by atoms with Crippen LogP contribution < -0.4 is 5.32 Å². The Morgan fingerprint density at radius 3 is 2.48 bits per heavy atom. The fourth-order valence-electron chi connectivity index (χ4n) is 5.67. The molecule has 2 aliphatic heterocycles. The van der Waals surface area contributed by atoms with Crippen LogP contribution in [0.1, 0.15) is 81.7 Å². The lowest BCUT2D eigenvalue weighted by Gasteiger charge is -2.33. The Kier molecular flexibility index (Phi) is 9.72. The number of imide groups is 1. The molecule has 0 aliphatic carbocycles. The van der Waals surface area contributed by atoms with Gasteiger partial charge in [-0.2, -0.15) is 0 Å². The van der Waals surface area contributed by atoms with Gasteiger partial charge >= 0.3 is 0 Å². The fraction of sp³-hybridized carbons (Fsp3) is 0.515. The molecule has 7 heteroatoms. The second-order valence-electron chi connectivity index (χ2n) is 12.0. The molecule has 216 valence electrons. The van der Waals surface area contributed by atoms with Crippen LogP contribution in [-0.4, -0.2) is 65.2 Å². The molecule has 0 spiro atoms. The van der Waals surface area contributed by atoms with E-state index in [2.05, 4.69) is 11.9 Å². The van der Waals surface area contributed by atoms with Crippen molar-refractivity contribution in [3.05, 3.63) is 70.1 Å². The van der Waals surface area contributed by atoms with Gasteiger partial charge in [0.2, 0.25) is 11.8 Å². The average Bonchev–Trinajstić information content (AvgIpc) is 3.05. The number of piperidine rings is 1. The van der Waals surface area contributed by atoms with Crippen LogP contribution in [0.2, 0.25) is 0 Å². The van der Waals surface area contributed by atoms with Crippen LogP contribution in [0, 0.1) is 25.2 Å². The van der Waals surface area contributed by atoms with Crippen LogP contribution in [0.4, 0.5) is 0 Å². The lowest BCUT2D eigenvalue weighted by molar-refractivity contribution is -0.140.